The summed E-state index contributed by atoms with van der Waals surface area (Å²) in [5.41, 5.74) is 4.69. The lowest BCUT2D eigenvalue weighted by Gasteiger charge is -2.26. The third-order valence-corrected chi connectivity index (χ3v) is 4.82. The van der Waals surface area contributed by atoms with Gasteiger partial charge in [0, 0.05) is 43.0 Å². The Morgan fingerprint density at radius 3 is 2.69 bits per heavy atom. The molecule has 0 aliphatic carbocycles. The van der Waals surface area contributed by atoms with Gasteiger partial charge >= 0.3 is 0 Å². The second-order valence-electron chi connectivity index (χ2n) is 7.94. The fourth-order valence-corrected chi connectivity index (χ4v) is 3.52. The number of benzene rings is 1. The number of imidazole rings is 1. The molecule has 0 unspecified atom stereocenters. The molecule has 2 aromatic heterocycles. The van der Waals surface area contributed by atoms with Gasteiger partial charge in [0.25, 0.3) is 0 Å². The molecule has 4 rings (SSSR count). The molecule has 0 bridgehead atoms. The molecule has 5 nitrogen and oxygen atoms in total. The summed E-state index contributed by atoms with van der Waals surface area (Å²) in [6.45, 7) is 11.2. The van der Waals surface area contributed by atoms with Crippen molar-refractivity contribution in [1.29, 1.82) is 0 Å². The number of nitrogens with zero attached hydrogens (tertiary/aromatic N) is 4. The van der Waals surface area contributed by atoms with Crippen molar-refractivity contribution in [3.05, 3.63) is 54.0 Å². The van der Waals surface area contributed by atoms with Gasteiger partial charge in [0.05, 0.1) is 24.6 Å². The van der Waals surface area contributed by atoms with E-state index in [1.807, 2.05) is 6.07 Å². The van der Waals surface area contributed by atoms with Crippen LogP contribution in [0.25, 0.3) is 17.0 Å². The van der Waals surface area contributed by atoms with Gasteiger partial charge in [-0.25, -0.2) is 9.97 Å². The standard InChI is InChI=1S/C21H26N4O/c1-21(2,3)19-18(25-9-5-8-22-20(25)23-19)17-7-4-6-16(14-17)15-24-10-12-26-13-11-24/h4-9,14H,10-13,15H2,1-3H3. The number of rotatable bonds is 3. The molecule has 3 heterocycles. The van der Waals surface area contributed by atoms with Crippen molar-refractivity contribution in [3.63, 3.8) is 0 Å². The van der Waals surface area contributed by atoms with Gasteiger partial charge in [-0.05, 0) is 17.7 Å². The van der Waals surface area contributed by atoms with Crippen LogP contribution in [0.2, 0.25) is 0 Å². The van der Waals surface area contributed by atoms with Crippen LogP contribution in [-0.2, 0) is 16.7 Å². The maximum absolute atomic E-state index is 5.46. The van der Waals surface area contributed by atoms with Crippen LogP contribution in [0, 0.1) is 0 Å². The molecule has 0 atom stereocenters. The van der Waals surface area contributed by atoms with Gasteiger partial charge < -0.3 is 4.74 Å². The highest BCUT2D eigenvalue weighted by molar-refractivity contribution is 5.68. The largest absolute Gasteiger partial charge is 0.379 e. The average molecular weight is 350 g/mol. The highest BCUT2D eigenvalue weighted by Gasteiger charge is 2.25. The minimum absolute atomic E-state index is 0.0523. The first-order chi connectivity index (χ1) is 12.5. The summed E-state index contributed by atoms with van der Waals surface area (Å²) in [6.07, 6.45) is 3.85. The number of ether oxygens (including phenoxy) is 1. The van der Waals surface area contributed by atoms with Crippen molar-refractivity contribution in [2.45, 2.75) is 32.7 Å². The van der Waals surface area contributed by atoms with Crippen molar-refractivity contribution in [3.8, 4) is 11.3 Å². The molecule has 1 saturated heterocycles. The normalized spacial score (nSPS) is 16.3. The summed E-state index contributed by atoms with van der Waals surface area (Å²) in [7, 11) is 0. The first kappa shape index (κ1) is 17.2. The average Bonchev–Trinajstić information content (AvgIpc) is 3.03. The van der Waals surface area contributed by atoms with E-state index in [2.05, 4.69) is 65.5 Å². The molecule has 0 N–H and O–H groups in total. The predicted octanol–water partition coefficient (Wildman–Crippen LogP) is 3.53. The molecular formula is C21H26N4O. The number of hydrogen-bond acceptors (Lipinski definition) is 4. The third kappa shape index (κ3) is 3.37. The summed E-state index contributed by atoms with van der Waals surface area (Å²) < 4.78 is 7.57. The van der Waals surface area contributed by atoms with Crippen molar-refractivity contribution >= 4 is 5.78 Å². The van der Waals surface area contributed by atoms with Crippen molar-refractivity contribution in [1.82, 2.24) is 19.3 Å². The second kappa shape index (κ2) is 6.82. The number of aromatic nitrogens is 3. The van der Waals surface area contributed by atoms with Crippen LogP contribution in [0.15, 0.2) is 42.7 Å². The lowest BCUT2D eigenvalue weighted by molar-refractivity contribution is 0.0342. The Balaban J connectivity index is 1.76. The van der Waals surface area contributed by atoms with E-state index in [1.165, 1.54) is 11.1 Å². The molecule has 0 spiro atoms. The molecule has 1 aromatic carbocycles. The maximum atomic E-state index is 5.46. The Hall–Kier alpha value is -2.24. The van der Waals surface area contributed by atoms with Gasteiger partial charge in [-0.2, -0.15) is 0 Å². The molecule has 0 radical (unpaired) electrons. The Kier molecular flexibility index (Phi) is 4.51. The van der Waals surface area contributed by atoms with E-state index < -0.39 is 0 Å². The smallest absolute Gasteiger partial charge is 0.234 e. The van der Waals surface area contributed by atoms with E-state index in [1.54, 1.807) is 6.20 Å². The zero-order valence-corrected chi connectivity index (χ0v) is 15.8. The van der Waals surface area contributed by atoms with Crippen LogP contribution in [0.5, 0.6) is 0 Å². The monoisotopic (exact) mass is 350 g/mol. The summed E-state index contributed by atoms with van der Waals surface area (Å²) in [5, 5.41) is 0. The second-order valence-corrected chi connectivity index (χ2v) is 7.94. The summed E-state index contributed by atoms with van der Waals surface area (Å²) in [4.78, 5) is 11.7. The number of fused-ring (bicyclic) bond motifs is 1. The van der Waals surface area contributed by atoms with Crippen molar-refractivity contribution in [2.24, 2.45) is 0 Å². The first-order valence-electron chi connectivity index (χ1n) is 9.25. The molecule has 1 aliphatic rings. The zero-order chi connectivity index (χ0) is 18.1. The Labute approximate surface area is 154 Å². The molecule has 5 heteroatoms. The molecular weight excluding hydrogens is 324 g/mol. The topological polar surface area (TPSA) is 42.7 Å². The fourth-order valence-electron chi connectivity index (χ4n) is 3.52. The van der Waals surface area contributed by atoms with Gasteiger partial charge in [0.2, 0.25) is 5.78 Å². The van der Waals surface area contributed by atoms with Gasteiger partial charge in [-0.3, -0.25) is 9.30 Å². The highest BCUT2D eigenvalue weighted by Crippen LogP contribution is 2.33. The van der Waals surface area contributed by atoms with E-state index in [0.717, 1.165) is 50.0 Å². The van der Waals surface area contributed by atoms with Crippen LogP contribution in [0.4, 0.5) is 0 Å². The Morgan fingerprint density at radius 1 is 1.12 bits per heavy atom. The van der Waals surface area contributed by atoms with Crippen molar-refractivity contribution < 1.29 is 4.74 Å². The molecule has 1 fully saturated rings. The van der Waals surface area contributed by atoms with E-state index in [0.29, 0.717) is 0 Å². The van der Waals surface area contributed by atoms with E-state index in [-0.39, 0.29) is 5.41 Å². The van der Waals surface area contributed by atoms with E-state index >= 15 is 0 Å². The third-order valence-electron chi connectivity index (χ3n) is 4.82. The Bertz CT molecular complexity index is 904. The van der Waals surface area contributed by atoms with Gasteiger partial charge in [-0.15, -0.1) is 0 Å². The van der Waals surface area contributed by atoms with Crippen molar-refractivity contribution in [2.75, 3.05) is 26.3 Å². The van der Waals surface area contributed by atoms with Crippen LogP contribution in [-0.4, -0.2) is 45.6 Å². The lowest BCUT2D eigenvalue weighted by Crippen LogP contribution is -2.35. The first-order valence-corrected chi connectivity index (χ1v) is 9.25. The maximum Gasteiger partial charge on any atom is 0.234 e. The number of hydrogen-bond donors (Lipinski definition) is 0. The van der Waals surface area contributed by atoms with E-state index in [4.69, 9.17) is 9.72 Å². The molecule has 26 heavy (non-hydrogen) atoms. The summed E-state index contributed by atoms with van der Waals surface area (Å²) in [6, 6.07) is 10.8. The van der Waals surface area contributed by atoms with Gasteiger partial charge in [0.1, 0.15) is 0 Å². The molecule has 3 aromatic rings. The summed E-state index contributed by atoms with van der Waals surface area (Å²) in [5.74, 6) is 0.756. The van der Waals surface area contributed by atoms with E-state index in [9.17, 15) is 0 Å². The molecule has 136 valence electrons. The van der Waals surface area contributed by atoms with Crippen LogP contribution in [0.1, 0.15) is 32.0 Å². The minimum Gasteiger partial charge on any atom is -0.379 e. The SMILES string of the molecule is CC(C)(C)c1nc2ncccn2c1-c1cccc(CN2CCOCC2)c1. The quantitative estimate of drug-likeness (QED) is 0.725. The summed E-state index contributed by atoms with van der Waals surface area (Å²) >= 11 is 0. The van der Waals surface area contributed by atoms with Gasteiger partial charge in [0.15, 0.2) is 0 Å². The van der Waals surface area contributed by atoms with Crippen LogP contribution in [0.3, 0.4) is 0 Å². The fraction of sp³-hybridized carbons (Fsp3) is 0.429. The predicted molar refractivity (Wildman–Crippen MR) is 103 cm³/mol. The number of morpholine rings is 1. The minimum atomic E-state index is -0.0523. The highest BCUT2D eigenvalue weighted by atomic mass is 16.5. The van der Waals surface area contributed by atoms with Gasteiger partial charge in [-0.1, -0.05) is 39.0 Å². The zero-order valence-electron chi connectivity index (χ0n) is 15.8. The Morgan fingerprint density at radius 2 is 1.92 bits per heavy atom. The molecule has 1 aliphatic heterocycles. The lowest BCUT2D eigenvalue weighted by atomic mass is 9.88. The van der Waals surface area contributed by atoms with Crippen LogP contribution < -0.4 is 0 Å². The van der Waals surface area contributed by atoms with Crippen LogP contribution >= 0.6 is 0 Å². The molecule has 0 amide bonds. The molecule has 0 saturated carbocycles.